The average molecular weight is 226 g/mol. The molecule has 0 amide bonds. The molecule has 1 saturated carbocycles. The van der Waals surface area contributed by atoms with Gasteiger partial charge in [0, 0.05) is 0 Å². The summed E-state index contributed by atoms with van der Waals surface area (Å²) in [6, 6.07) is 3.16. The van der Waals surface area contributed by atoms with Crippen LogP contribution in [0, 0.1) is 17.0 Å². The molecule has 0 unspecified atom stereocenters. The van der Waals surface area contributed by atoms with Crippen molar-refractivity contribution in [2.75, 3.05) is 0 Å². The summed E-state index contributed by atoms with van der Waals surface area (Å²) < 4.78 is 26.3. The van der Waals surface area contributed by atoms with Crippen molar-refractivity contribution in [1.82, 2.24) is 0 Å². The quantitative estimate of drug-likeness (QED) is 0.860. The largest absolute Gasteiger partial charge is 0.481 e. The molecule has 0 bridgehead atoms. The first kappa shape index (κ1) is 11.0. The van der Waals surface area contributed by atoms with E-state index in [0.29, 0.717) is 12.8 Å². The minimum absolute atomic E-state index is 0.0753. The van der Waals surface area contributed by atoms with E-state index in [0.717, 1.165) is 24.6 Å². The van der Waals surface area contributed by atoms with Gasteiger partial charge in [0.15, 0.2) is 0 Å². The van der Waals surface area contributed by atoms with E-state index >= 15 is 0 Å². The fourth-order valence-electron chi connectivity index (χ4n) is 2.11. The van der Waals surface area contributed by atoms with Gasteiger partial charge in [0.05, 0.1) is 5.41 Å². The van der Waals surface area contributed by atoms with Crippen molar-refractivity contribution in [3.05, 3.63) is 35.4 Å². The highest BCUT2D eigenvalue weighted by molar-refractivity contribution is 5.76. The van der Waals surface area contributed by atoms with Crippen LogP contribution < -0.4 is 0 Å². The molecule has 0 saturated heterocycles. The Morgan fingerprint density at radius 1 is 1.38 bits per heavy atom. The van der Waals surface area contributed by atoms with Gasteiger partial charge in [0.2, 0.25) is 0 Å². The zero-order valence-corrected chi connectivity index (χ0v) is 8.67. The lowest BCUT2D eigenvalue weighted by molar-refractivity contribution is -0.154. The molecular weight excluding hydrogens is 214 g/mol. The van der Waals surface area contributed by atoms with Crippen LogP contribution in [0.25, 0.3) is 0 Å². The van der Waals surface area contributed by atoms with Crippen LogP contribution >= 0.6 is 0 Å². The van der Waals surface area contributed by atoms with E-state index in [-0.39, 0.29) is 12.0 Å². The third-order valence-electron chi connectivity index (χ3n) is 3.30. The maximum atomic E-state index is 13.4. The average Bonchev–Trinajstić information content (AvgIpc) is 2.16. The molecule has 16 heavy (non-hydrogen) atoms. The zero-order valence-electron chi connectivity index (χ0n) is 8.67. The second-order valence-electron chi connectivity index (χ2n) is 4.35. The molecule has 2 nitrogen and oxygen atoms in total. The topological polar surface area (TPSA) is 37.3 Å². The highest BCUT2D eigenvalue weighted by Crippen LogP contribution is 2.44. The van der Waals surface area contributed by atoms with Gasteiger partial charge in [0.25, 0.3) is 0 Å². The Balaban J connectivity index is 2.26. The lowest BCUT2D eigenvalue weighted by atomic mass is 9.65. The van der Waals surface area contributed by atoms with E-state index in [1.54, 1.807) is 0 Å². The van der Waals surface area contributed by atoms with Gasteiger partial charge in [-0.2, -0.15) is 0 Å². The van der Waals surface area contributed by atoms with Crippen molar-refractivity contribution in [3.8, 4) is 0 Å². The number of hydrogen-bond donors (Lipinski definition) is 1. The predicted octanol–water partition coefficient (Wildman–Crippen LogP) is 2.76. The maximum Gasteiger partial charge on any atom is 0.309 e. The van der Waals surface area contributed by atoms with E-state index in [4.69, 9.17) is 5.11 Å². The Bertz CT molecular complexity index is 425. The molecule has 1 fully saturated rings. The fourth-order valence-corrected chi connectivity index (χ4v) is 2.11. The van der Waals surface area contributed by atoms with E-state index in [2.05, 4.69) is 0 Å². The molecule has 0 heterocycles. The molecule has 0 aliphatic heterocycles. The first-order valence-corrected chi connectivity index (χ1v) is 5.21. The molecule has 1 aromatic rings. The number of carboxylic acids is 1. The summed E-state index contributed by atoms with van der Waals surface area (Å²) in [4.78, 5) is 11.1. The molecule has 86 valence electrons. The van der Waals surface area contributed by atoms with Crippen LogP contribution in [0.5, 0.6) is 0 Å². The van der Waals surface area contributed by atoms with Gasteiger partial charge in [-0.25, -0.2) is 8.78 Å². The van der Waals surface area contributed by atoms with E-state index in [1.165, 1.54) is 0 Å². The Hall–Kier alpha value is -1.45. The fraction of sp³-hybridized carbons (Fsp3) is 0.417. The Labute approximate surface area is 91.9 Å². The standard InChI is InChI=1S/C12H12F2O2/c13-9-2-3-10(14)8(6-9)7-12(11(15)16)4-1-5-12/h2-3,6H,1,4-5,7H2,(H,15,16). The summed E-state index contributed by atoms with van der Waals surface area (Å²) in [6.45, 7) is 0. The van der Waals surface area contributed by atoms with E-state index < -0.39 is 23.0 Å². The van der Waals surface area contributed by atoms with Gasteiger partial charge in [-0.3, -0.25) is 4.79 Å². The third kappa shape index (κ3) is 1.79. The molecule has 0 spiro atoms. The number of hydrogen-bond acceptors (Lipinski definition) is 1. The predicted molar refractivity (Wildman–Crippen MR) is 54.0 cm³/mol. The Morgan fingerprint density at radius 3 is 2.56 bits per heavy atom. The van der Waals surface area contributed by atoms with Crippen molar-refractivity contribution in [2.45, 2.75) is 25.7 Å². The van der Waals surface area contributed by atoms with Crippen molar-refractivity contribution >= 4 is 5.97 Å². The zero-order chi connectivity index (χ0) is 11.8. The van der Waals surface area contributed by atoms with Crippen molar-refractivity contribution in [1.29, 1.82) is 0 Å². The van der Waals surface area contributed by atoms with Crippen molar-refractivity contribution in [2.24, 2.45) is 5.41 Å². The Kier molecular flexibility index (Phi) is 2.66. The maximum absolute atomic E-state index is 13.4. The lowest BCUT2D eigenvalue weighted by Crippen LogP contribution is -2.40. The molecule has 1 aliphatic rings. The van der Waals surface area contributed by atoms with Crippen LogP contribution in [0.4, 0.5) is 8.78 Å². The van der Waals surface area contributed by atoms with Gasteiger partial charge >= 0.3 is 5.97 Å². The van der Waals surface area contributed by atoms with E-state index in [1.807, 2.05) is 0 Å². The molecular formula is C12H12F2O2. The molecule has 1 aromatic carbocycles. The first-order valence-electron chi connectivity index (χ1n) is 5.21. The summed E-state index contributed by atoms with van der Waals surface area (Å²) >= 11 is 0. The normalized spacial score (nSPS) is 17.9. The summed E-state index contributed by atoms with van der Waals surface area (Å²) in [5, 5.41) is 9.09. The Morgan fingerprint density at radius 2 is 2.06 bits per heavy atom. The molecule has 1 N–H and O–H groups in total. The smallest absolute Gasteiger partial charge is 0.309 e. The van der Waals surface area contributed by atoms with Gasteiger partial charge in [-0.05, 0) is 43.0 Å². The monoisotopic (exact) mass is 226 g/mol. The third-order valence-corrected chi connectivity index (χ3v) is 3.30. The molecule has 4 heteroatoms. The highest BCUT2D eigenvalue weighted by atomic mass is 19.1. The molecule has 1 aliphatic carbocycles. The molecule has 0 aromatic heterocycles. The summed E-state index contributed by atoms with van der Waals surface area (Å²) in [7, 11) is 0. The summed E-state index contributed by atoms with van der Waals surface area (Å²) in [6.07, 6.45) is 1.99. The SMILES string of the molecule is O=C(O)C1(Cc2cc(F)ccc2F)CCC1. The van der Waals surface area contributed by atoms with Crippen molar-refractivity contribution in [3.63, 3.8) is 0 Å². The summed E-state index contributed by atoms with van der Waals surface area (Å²) in [5.41, 5.74) is -0.726. The van der Waals surface area contributed by atoms with Gasteiger partial charge in [-0.1, -0.05) is 6.42 Å². The second kappa shape index (κ2) is 3.85. The molecule has 0 atom stereocenters. The minimum Gasteiger partial charge on any atom is -0.481 e. The first-order chi connectivity index (χ1) is 7.53. The second-order valence-corrected chi connectivity index (χ2v) is 4.35. The number of benzene rings is 1. The van der Waals surface area contributed by atoms with Crippen LogP contribution in [0.1, 0.15) is 24.8 Å². The lowest BCUT2D eigenvalue weighted by Gasteiger charge is -2.37. The van der Waals surface area contributed by atoms with Crippen LogP contribution in [0.3, 0.4) is 0 Å². The van der Waals surface area contributed by atoms with Gasteiger partial charge in [0.1, 0.15) is 11.6 Å². The van der Waals surface area contributed by atoms with Crippen LogP contribution in [0.15, 0.2) is 18.2 Å². The number of aliphatic carboxylic acids is 1. The van der Waals surface area contributed by atoms with E-state index in [9.17, 15) is 13.6 Å². The van der Waals surface area contributed by atoms with Crippen molar-refractivity contribution < 1.29 is 18.7 Å². The highest BCUT2D eigenvalue weighted by Gasteiger charge is 2.44. The number of halogens is 2. The number of carbonyl (C=O) groups is 1. The number of carboxylic acid groups (broad SMARTS) is 1. The van der Waals surface area contributed by atoms with Gasteiger partial charge in [-0.15, -0.1) is 0 Å². The molecule has 0 radical (unpaired) electrons. The summed E-state index contributed by atoms with van der Waals surface area (Å²) in [5.74, 6) is -1.98. The van der Waals surface area contributed by atoms with Gasteiger partial charge < -0.3 is 5.11 Å². The van der Waals surface area contributed by atoms with Crippen LogP contribution in [-0.2, 0) is 11.2 Å². The van der Waals surface area contributed by atoms with Crippen LogP contribution in [-0.4, -0.2) is 11.1 Å². The van der Waals surface area contributed by atoms with Crippen LogP contribution in [0.2, 0.25) is 0 Å². The number of rotatable bonds is 3. The molecule has 2 rings (SSSR count). The minimum atomic E-state index is -0.914.